The highest BCUT2D eigenvalue weighted by molar-refractivity contribution is 5.78. The van der Waals surface area contributed by atoms with Crippen molar-refractivity contribution in [3.05, 3.63) is 33.9 Å². The SMILES string of the molecule is O=C(O)C1(Cc2ccc([N+](=O)[O-])c(O)c2)CC1. The fourth-order valence-corrected chi connectivity index (χ4v) is 1.84. The molecular formula is C11H11NO5. The quantitative estimate of drug-likeness (QED) is 0.613. The summed E-state index contributed by atoms with van der Waals surface area (Å²) in [6, 6.07) is 3.95. The number of carbonyl (C=O) groups is 1. The third kappa shape index (κ3) is 2.06. The summed E-state index contributed by atoms with van der Waals surface area (Å²) < 4.78 is 0. The molecule has 1 fully saturated rings. The van der Waals surface area contributed by atoms with Crippen molar-refractivity contribution in [1.29, 1.82) is 0 Å². The third-order valence-electron chi connectivity index (χ3n) is 3.09. The summed E-state index contributed by atoms with van der Waals surface area (Å²) in [6.45, 7) is 0. The van der Waals surface area contributed by atoms with Gasteiger partial charge >= 0.3 is 11.7 Å². The van der Waals surface area contributed by atoms with Crippen LogP contribution < -0.4 is 0 Å². The largest absolute Gasteiger partial charge is 0.502 e. The van der Waals surface area contributed by atoms with E-state index >= 15 is 0 Å². The van der Waals surface area contributed by atoms with Gasteiger partial charge in [0.25, 0.3) is 0 Å². The first kappa shape index (κ1) is 11.4. The van der Waals surface area contributed by atoms with Gasteiger partial charge in [0.15, 0.2) is 5.75 Å². The maximum atomic E-state index is 11.0. The molecule has 0 amide bonds. The molecule has 0 spiro atoms. The summed E-state index contributed by atoms with van der Waals surface area (Å²) in [5.74, 6) is -1.27. The molecule has 6 heteroatoms. The fraction of sp³-hybridized carbons (Fsp3) is 0.364. The van der Waals surface area contributed by atoms with Crippen LogP contribution in [0.25, 0.3) is 0 Å². The average Bonchev–Trinajstić information content (AvgIpc) is 2.98. The zero-order chi connectivity index (χ0) is 12.6. The number of nitro benzene ring substituents is 1. The van der Waals surface area contributed by atoms with Gasteiger partial charge in [0.2, 0.25) is 0 Å². The van der Waals surface area contributed by atoms with Gasteiger partial charge in [0.1, 0.15) is 0 Å². The normalized spacial score (nSPS) is 16.5. The lowest BCUT2D eigenvalue weighted by Gasteiger charge is -2.09. The predicted molar refractivity (Wildman–Crippen MR) is 57.8 cm³/mol. The van der Waals surface area contributed by atoms with Crippen LogP contribution in [0.15, 0.2) is 18.2 Å². The summed E-state index contributed by atoms with van der Waals surface area (Å²) >= 11 is 0. The fourth-order valence-electron chi connectivity index (χ4n) is 1.84. The lowest BCUT2D eigenvalue weighted by Crippen LogP contribution is -2.17. The molecular weight excluding hydrogens is 226 g/mol. The molecule has 0 aliphatic heterocycles. The molecule has 0 atom stereocenters. The summed E-state index contributed by atoms with van der Waals surface area (Å²) in [4.78, 5) is 20.8. The van der Waals surface area contributed by atoms with Crippen LogP contribution in [-0.4, -0.2) is 21.1 Å². The minimum Gasteiger partial charge on any atom is -0.502 e. The summed E-state index contributed by atoms with van der Waals surface area (Å²) in [5, 5.41) is 28.9. The highest BCUT2D eigenvalue weighted by atomic mass is 16.6. The van der Waals surface area contributed by atoms with Gasteiger partial charge in [-0.15, -0.1) is 0 Å². The second-order valence-corrected chi connectivity index (χ2v) is 4.34. The second-order valence-electron chi connectivity index (χ2n) is 4.34. The van der Waals surface area contributed by atoms with Crippen molar-refractivity contribution >= 4 is 11.7 Å². The number of nitro groups is 1. The number of carboxylic acid groups (broad SMARTS) is 1. The third-order valence-corrected chi connectivity index (χ3v) is 3.09. The van der Waals surface area contributed by atoms with E-state index in [0.717, 1.165) is 0 Å². The molecule has 2 N–H and O–H groups in total. The van der Waals surface area contributed by atoms with E-state index in [-0.39, 0.29) is 5.69 Å². The Balaban J connectivity index is 2.22. The van der Waals surface area contributed by atoms with Crippen molar-refractivity contribution in [3.63, 3.8) is 0 Å². The first-order valence-electron chi connectivity index (χ1n) is 5.14. The van der Waals surface area contributed by atoms with Crippen LogP contribution in [-0.2, 0) is 11.2 Å². The molecule has 1 aromatic carbocycles. The molecule has 6 nitrogen and oxygen atoms in total. The molecule has 0 aromatic heterocycles. The molecule has 2 rings (SSSR count). The molecule has 0 heterocycles. The zero-order valence-electron chi connectivity index (χ0n) is 8.92. The van der Waals surface area contributed by atoms with Gasteiger partial charge < -0.3 is 10.2 Å². The van der Waals surface area contributed by atoms with E-state index in [2.05, 4.69) is 0 Å². The molecule has 90 valence electrons. The van der Waals surface area contributed by atoms with Gasteiger partial charge in [-0.2, -0.15) is 0 Å². The number of phenolic OH excluding ortho intramolecular Hbond substituents is 1. The van der Waals surface area contributed by atoms with E-state index in [0.29, 0.717) is 24.8 Å². The van der Waals surface area contributed by atoms with Crippen LogP contribution in [0.2, 0.25) is 0 Å². The highest BCUT2D eigenvalue weighted by Crippen LogP contribution is 2.49. The molecule has 1 saturated carbocycles. The van der Waals surface area contributed by atoms with Crippen LogP contribution in [0.4, 0.5) is 5.69 Å². The standard InChI is InChI=1S/C11H11NO5/c13-9-5-7(1-2-8(9)12(16)17)6-11(3-4-11)10(14)15/h1-2,5,13H,3-4,6H2,(H,14,15). The van der Waals surface area contributed by atoms with E-state index in [4.69, 9.17) is 5.11 Å². The molecule has 0 unspecified atom stereocenters. The zero-order valence-corrected chi connectivity index (χ0v) is 8.92. The Morgan fingerprint density at radius 1 is 1.47 bits per heavy atom. The number of hydrogen-bond acceptors (Lipinski definition) is 4. The number of hydrogen-bond donors (Lipinski definition) is 2. The first-order chi connectivity index (χ1) is 7.94. The van der Waals surface area contributed by atoms with Crippen molar-refractivity contribution in [1.82, 2.24) is 0 Å². The van der Waals surface area contributed by atoms with Crippen LogP contribution in [0.5, 0.6) is 5.75 Å². The highest BCUT2D eigenvalue weighted by Gasteiger charge is 2.50. The van der Waals surface area contributed by atoms with E-state index in [1.807, 2.05) is 0 Å². The van der Waals surface area contributed by atoms with Gasteiger partial charge in [0.05, 0.1) is 10.3 Å². The monoisotopic (exact) mass is 237 g/mol. The topological polar surface area (TPSA) is 101 Å². The van der Waals surface area contributed by atoms with Gasteiger partial charge in [-0.25, -0.2) is 0 Å². The molecule has 1 aliphatic carbocycles. The van der Waals surface area contributed by atoms with Gasteiger partial charge in [-0.3, -0.25) is 14.9 Å². The summed E-state index contributed by atoms with van der Waals surface area (Å²) in [7, 11) is 0. The molecule has 1 aliphatic rings. The minimum atomic E-state index is -0.852. The molecule has 17 heavy (non-hydrogen) atoms. The number of aliphatic carboxylic acids is 1. The number of phenols is 1. The van der Waals surface area contributed by atoms with Crippen molar-refractivity contribution < 1.29 is 19.9 Å². The van der Waals surface area contributed by atoms with Gasteiger partial charge in [0, 0.05) is 6.07 Å². The maximum Gasteiger partial charge on any atom is 0.310 e. The van der Waals surface area contributed by atoms with Gasteiger partial charge in [-0.05, 0) is 30.9 Å². The number of carboxylic acids is 1. The summed E-state index contributed by atoms with van der Waals surface area (Å²) in [6.07, 6.45) is 1.52. The number of aromatic hydroxyl groups is 1. The molecule has 1 aromatic rings. The molecule has 0 bridgehead atoms. The van der Waals surface area contributed by atoms with E-state index in [1.165, 1.54) is 18.2 Å². The van der Waals surface area contributed by atoms with Crippen LogP contribution in [0.3, 0.4) is 0 Å². The predicted octanol–water partition coefficient (Wildman–Crippen LogP) is 1.71. The average molecular weight is 237 g/mol. The van der Waals surface area contributed by atoms with Crippen LogP contribution in [0, 0.1) is 15.5 Å². The second kappa shape index (κ2) is 3.73. The first-order valence-corrected chi connectivity index (χ1v) is 5.14. The Morgan fingerprint density at radius 3 is 2.53 bits per heavy atom. The Bertz CT molecular complexity index is 493. The Kier molecular flexibility index (Phi) is 2.49. The number of benzene rings is 1. The molecule has 0 radical (unpaired) electrons. The smallest absolute Gasteiger partial charge is 0.310 e. The van der Waals surface area contributed by atoms with Gasteiger partial charge in [-0.1, -0.05) is 6.07 Å². The van der Waals surface area contributed by atoms with E-state index < -0.39 is 22.1 Å². The minimum absolute atomic E-state index is 0.299. The lowest BCUT2D eigenvalue weighted by atomic mass is 9.96. The number of nitrogens with zero attached hydrogens (tertiary/aromatic N) is 1. The Hall–Kier alpha value is -2.11. The maximum absolute atomic E-state index is 11.0. The van der Waals surface area contributed by atoms with Crippen molar-refractivity contribution in [2.24, 2.45) is 5.41 Å². The lowest BCUT2D eigenvalue weighted by molar-refractivity contribution is -0.385. The Labute approximate surface area is 96.7 Å². The van der Waals surface area contributed by atoms with Crippen molar-refractivity contribution in [2.45, 2.75) is 19.3 Å². The molecule has 0 saturated heterocycles. The van der Waals surface area contributed by atoms with E-state index in [9.17, 15) is 20.0 Å². The summed E-state index contributed by atoms with van der Waals surface area (Å²) in [5.41, 5.74) is -0.496. The van der Waals surface area contributed by atoms with Crippen LogP contribution in [0.1, 0.15) is 18.4 Å². The number of rotatable bonds is 4. The van der Waals surface area contributed by atoms with Crippen LogP contribution >= 0.6 is 0 Å². The van der Waals surface area contributed by atoms with Crippen molar-refractivity contribution in [2.75, 3.05) is 0 Å². The van der Waals surface area contributed by atoms with Crippen molar-refractivity contribution in [3.8, 4) is 5.75 Å². The van der Waals surface area contributed by atoms with E-state index in [1.54, 1.807) is 0 Å². The Morgan fingerprint density at radius 2 is 2.12 bits per heavy atom.